The maximum absolute atomic E-state index is 12.3. The van der Waals surface area contributed by atoms with E-state index in [1.165, 1.54) is 0 Å². The lowest BCUT2D eigenvalue weighted by Gasteiger charge is -2.19. The van der Waals surface area contributed by atoms with Crippen molar-refractivity contribution in [2.45, 2.75) is 20.0 Å². The number of aromatic nitrogens is 2. The number of hydrogen-bond acceptors (Lipinski definition) is 4. The number of nitrogens with one attached hydrogen (secondary N) is 1. The topological polar surface area (TPSA) is 69.3 Å². The molecule has 1 aromatic carbocycles. The Hall–Kier alpha value is -2.63. The average molecular weight is 298 g/mol. The fourth-order valence-corrected chi connectivity index (χ4v) is 2.80. The zero-order chi connectivity index (χ0) is 15.9. The highest BCUT2D eigenvalue weighted by Crippen LogP contribution is 2.31. The van der Waals surface area contributed by atoms with Crippen LogP contribution in [-0.4, -0.2) is 35.1 Å². The summed E-state index contributed by atoms with van der Waals surface area (Å²) in [4.78, 5) is 27.7. The smallest absolute Gasteiger partial charge is 0.269 e. The lowest BCUT2D eigenvalue weighted by atomic mass is 10.0. The van der Waals surface area contributed by atoms with E-state index < -0.39 is 0 Å². The summed E-state index contributed by atoms with van der Waals surface area (Å²) in [7, 11) is 3.50. The zero-order valence-electron chi connectivity index (χ0n) is 12.9. The molecule has 6 nitrogen and oxygen atoms in total. The van der Waals surface area contributed by atoms with Crippen molar-refractivity contribution in [3.8, 4) is 0 Å². The monoisotopic (exact) mass is 298 g/mol. The Balaban J connectivity index is 2.00. The van der Waals surface area contributed by atoms with Crippen molar-refractivity contribution >= 4 is 11.6 Å². The molecule has 0 aliphatic carbocycles. The fourth-order valence-electron chi connectivity index (χ4n) is 2.80. The molecular formula is C16H18N4O2. The van der Waals surface area contributed by atoms with Crippen molar-refractivity contribution in [1.82, 2.24) is 15.1 Å². The van der Waals surface area contributed by atoms with Gasteiger partial charge in [-0.1, -0.05) is 12.1 Å². The molecule has 2 aromatic rings. The third-order valence-corrected chi connectivity index (χ3v) is 4.04. The van der Waals surface area contributed by atoms with Gasteiger partial charge in [-0.05, 0) is 24.1 Å². The first-order valence-corrected chi connectivity index (χ1v) is 7.10. The lowest BCUT2D eigenvalue weighted by Crippen LogP contribution is -2.24. The van der Waals surface area contributed by atoms with Gasteiger partial charge < -0.3 is 9.80 Å². The van der Waals surface area contributed by atoms with Crippen LogP contribution < -0.4 is 10.5 Å². The lowest BCUT2D eigenvalue weighted by molar-refractivity contribution is 0.0826. The summed E-state index contributed by atoms with van der Waals surface area (Å²) in [6, 6.07) is 5.78. The van der Waals surface area contributed by atoms with Gasteiger partial charge in [0.2, 0.25) is 0 Å². The Morgan fingerprint density at radius 3 is 2.82 bits per heavy atom. The normalized spacial score (nSPS) is 13.1. The molecule has 0 unspecified atom stereocenters. The number of benzene rings is 1. The second-order valence-electron chi connectivity index (χ2n) is 5.71. The molecule has 0 radical (unpaired) electrons. The van der Waals surface area contributed by atoms with Gasteiger partial charge >= 0.3 is 0 Å². The molecule has 1 aliphatic rings. The van der Waals surface area contributed by atoms with Crippen molar-refractivity contribution in [3.05, 3.63) is 57.0 Å². The van der Waals surface area contributed by atoms with Crippen LogP contribution in [0.2, 0.25) is 0 Å². The molecule has 6 heteroatoms. The van der Waals surface area contributed by atoms with Crippen LogP contribution in [0.25, 0.3) is 0 Å². The maximum Gasteiger partial charge on any atom is 0.269 e. The molecule has 22 heavy (non-hydrogen) atoms. The van der Waals surface area contributed by atoms with Crippen LogP contribution >= 0.6 is 0 Å². The van der Waals surface area contributed by atoms with E-state index in [4.69, 9.17) is 0 Å². The molecule has 2 heterocycles. The van der Waals surface area contributed by atoms with Gasteiger partial charge in [-0.25, -0.2) is 5.10 Å². The number of amides is 1. The van der Waals surface area contributed by atoms with Gasteiger partial charge in [0, 0.05) is 38.3 Å². The van der Waals surface area contributed by atoms with E-state index >= 15 is 0 Å². The summed E-state index contributed by atoms with van der Waals surface area (Å²) in [5.74, 6) is -0.000504. The van der Waals surface area contributed by atoms with Crippen LogP contribution in [0.1, 0.15) is 27.0 Å². The molecule has 0 fully saturated rings. The maximum atomic E-state index is 12.3. The van der Waals surface area contributed by atoms with Gasteiger partial charge in [-0.15, -0.1) is 0 Å². The predicted octanol–water partition coefficient (Wildman–Crippen LogP) is 1.30. The summed E-state index contributed by atoms with van der Waals surface area (Å²) < 4.78 is 0. The number of carbonyl (C=O) groups excluding carboxylic acids is 1. The standard InChI is InChI=1S/C16H18N4O2/c1-10-14(7-17-18-15(10)21)20-8-11-5-4-6-12(13(11)9-20)16(22)19(2)3/h4-7H,8-9H2,1-3H3,(H,18,21). The van der Waals surface area contributed by atoms with Crippen molar-refractivity contribution in [2.24, 2.45) is 0 Å². The fraction of sp³-hybridized carbons (Fsp3) is 0.312. The molecule has 0 spiro atoms. The minimum absolute atomic E-state index is 0.000504. The average Bonchev–Trinajstić information content (AvgIpc) is 2.92. The first kappa shape index (κ1) is 14.3. The van der Waals surface area contributed by atoms with E-state index in [-0.39, 0.29) is 11.5 Å². The number of fused-ring (bicyclic) bond motifs is 1. The highest BCUT2D eigenvalue weighted by Gasteiger charge is 2.26. The van der Waals surface area contributed by atoms with Crippen molar-refractivity contribution in [3.63, 3.8) is 0 Å². The number of nitrogens with zero attached hydrogens (tertiary/aromatic N) is 3. The zero-order valence-corrected chi connectivity index (χ0v) is 12.9. The van der Waals surface area contributed by atoms with E-state index in [1.54, 1.807) is 32.1 Å². The Kier molecular flexibility index (Phi) is 3.44. The highest BCUT2D eigenvalue weighted by molar-refractivity contribution is 5.96. The molecule has 1 aliphatic heterocycles. The van der Waals surface area contributed by atoms with Gasteiger partial charge in [0.25, 0.3) is 11.5 Å². The second-order valence-corrected chi connectivity index (χ2v) is 5.71. The van der Waals surface area contributed by atoms with Crippen molar-refractivity contribution in [1.29, 1.82) is 0 Å². The minimum atomic E-state index is -0.182. The number of rotatable bonds is 2. The van der Waals surface area contributed by atoms with Crippen LogP contribution in [0.15, 0.2) is 29.2 Å². The van der Waals surface area contributed by atoms with Crippen LogP contribution in [0.3, 0.4) is 0 Å². The molecule has 0 atom stereocenters. The van der Waals surface area contributed by atoms with E-state index in [1.807, 2.05) is 18.2 Å². The number of anilines is 1. The summed E-state index contributed by atoms with van der Waals surface area (Å²) in [5.41, 5.74) is 4.14. The number of aromatic amines is 1. The summed E-state index contributed by atoms with van der Waals surface area (Å²) in [6.45, 7) is 3.07. The van der Waals surface area contributed by atoms with E-state index in [0.29, 0.717) is 18.7 Å². The Bertz CT molecular complexity index is 795. The quantitative estimate of drug-likeness (QED) is 0.907. The highest BCUT2D eigenvalue weighted by atomic mass is 16.2. The first-order chi connectivity index (χ1) is 10.5. The van der Waals surface area contributed by atoms with Gasteiger partial charge in [-0.3, -0.25) is 9.59 Å². The van der Waals surface area contributed by atoms with Crippen molar-refractivity contribution in [2.75, 3.05) is 19.0 Å². The third-order valence-electron chi connectivity index (χ3n) is 4.04. The molecule has 0 saturated heterocycles. The molecule has 1 aromatic heterocycles. The summed E-state index contributed by atoms with van der Waals surface area (Å²) in [6.07, 6.45) is 1.66. The molecule has 3 rings (SSSR count). The molecule has 0 saturated carbocycles. The Labute approximate surface area is 128 Å². The predicted molar refractivity (Wildman–Crippen MR) is 83.9 cm³/mol. The number of hydrogen-bond donors (Lipinski definition) is 1. The molecule has 0 bridgehead atoms. The molecule has 1 N–H and O–H groups in total. The Morgan fingerprint density at radius 2 is 2.09 bits per heavy atom. The van der Waals surface area contributed by atoms with Gasteiger partial charge in [0.15, 0.2) is 0 Å². The Morgan fingerprint density at radius 1 is 1.32 bits per heavy atom. The largest absolute Gasteiger partial charge is 0.361 e. The number of H-pyrrole nitrogens is 1. The van der Waals surface area contributed by atoms with E-state index in [0.717, 1.165) is 22.4 Å². The minimum Gasteiger partial charge on any atom is -0.361 e. The van der Waals surface area contributed by atoms with Gasteiger partial charge in [0.1, 0.15) is 0 Å². The van der Waals surface area contributed by atoms with Crippen LogP contribution in [0.5, 0.6) is 0 Å². The van der Waals surface area contributed by atoms with Crippen molar-refractivity contribution < 1.29 is 4.79 Å². The summed E-state index contributed by atoms with van der Waals surface area (Å²) in [5, 5.41) is 6.32. The molecule has 1 amide bonds. The van der Waals surface area contributed by atoms with Crippen LogP contribution in [0, 0.1) is 6.92 Å². The first-order valence-electron chi connectivity index (χ1n) is 7.10. The number of carbonyl (C=O) groups is 1. The second kappa shape index (κ2) is 5.29. The van der Waals surface area contributed by atoms with E-state index in [9.17, 15) is 9.59 Å². The molecular weight excluding hydrogens is 280 g/mol. The third kappa shape index (κ3) is 2.26. The molecule has 114 valence electrons. The summed E-state index contributed by atoms with van der Waals surface area (Å²) >= 11 is 0. The SMILES string of the molecule is Cc1c(N2Cc3cccc(C(=O)N(C)C)c3C2)cn[nH]c1=O. The van der Waals surface area contributed by atoms with Crippen LogP contribution in [0.4, 0.5) is 5.69 Å². The van der Waals surface area contributed by atoms with Gasteiger partial charge in [0.05, 0.1) is 11.9 Å². The van der Waals surface area contributed by atoms with Gasteiger partial charge in [-0.2, -0.15) is 5.10 Å². The van der Waals surface area contributed by atoms with E-state index in [2.05, 4.69) is 15.1 Å². The van der Waals surface area contributed by atoms with Crippen LogP contribution in [-0.2, 0) is 13.1 Å².